The summed E-state index contributed by atoms with van der Waals surface area (Å²) < 4.78 is 0. The Bertz CT molecular complexity index is 254. The van der Waals surface area contributed by atoms with Gasteiger partial charge in [-0.25, -0.2) is 0 Å². The quantitative estimate of drug-likeness (QED) is 0.636. The fraction of sp³-hybridized carbons (Fsp3) is 0.273. The molecule has 12 heavy (non-hydrogen) atoms. The van der Waals surface area contributed by atoms with Crippen LogP contribution < -0.4 is 5.73 Å². The van der Waals surface area contributed by atoms with E-state index < -0.39 is 0 Å². The number of hydrogen-bond acceptors (Lipinski definition) is 1. The number of rotatable bonds is 3. The number of nitrogens with two attached hydrogens (primary N) is 1. The Morgan fingerprint density at radius 2 is 1.83 bits per heavy atom. The SMILES string of the molecule is C=C/C(C)=C(C(=C)C)\C(N)=C/C. The molecule has 0 spiro atoms. The summed E-state index contributed by atoms with van der Waals surface area (Å²) in [4.78, 5) is 0. The van der Waals surface area contributed by atoms with Crippen LogP contribution in [-0.4, -0.2) is 0 Å². The van der Waals surface area contributed by atoms with Gasteiger partial charge in [0.05, 0.1) is 0 Å². The van der Waals surface area contributed by atoms with Crippen LogP contribution in [0.25, 0.3) is 0 Å². The third-order valence-electron chi connectivity index (χ3n) is 1.73. The van der Waals surface area contributed by atoms with Gasteiger partial charge in [0, 0.05) is 11.3 Å². The van der Waals surface area contributed by atoms with Crippen LogP contribution in [0.1, 0.15) is 20.8 Å². The fourth-order valence-corrected chi connectivity index (χ4v) is 1.06. The zero-order chi connectivity index (χ0) is 9.72. The number of allylic oxidation sites excluding steroid dienone is 4. The summed E-state index contributed by atoms with van der Waals surface area (Å²) in [5.74, 6) is 0. The molecule has 1 nitrogen and oxygen atoms in total. The lowest BCUT2D eigenvalue weighted by atomic mass is 10.00. The van der Waals surface area contributed by atoms with Gasteiger partial charge in [0.1, 0.15) is 0 Å². The molecule has 0 aromatic rings. The molecule has 0 aromatic heterocycles. The van der Waals surface area contributed by atoms with Crippen molar-refractivity contribution in [3.05, 3.63) is 47.7 Å². The summed E-state index contributed by atoms with van der Waals surface area (Å²) >= 11 is 0. The van der Waals surface area contributed by atoms with E-state index in [-0.39, 0.29) is 0 Å². The molecule has 0 aliphatic rings. The molecule has 1 heteroatoms. The van der Waals surface area contributed by atoms with Gasteiger partial charge in [-0.2, -0.15) is 0 Å². The van der Waals surface area contributed by atoms with Crippen LogP contribution in [0, 0.1) is 0 Å². The molecule has 66 valence electrons. The minimum absolute atomic E-state index is 0.764. The minimum atomic E-state index is 0.764. The first-order valence-electron chi connectivity index (χ1n) is 3.96. The van der Waals surface area contributed by atoms with Crippen molar-refractivity contribution < 1.29 is 0 Å². The Morgan fingerprint density at radius 1 is 1.33 bits per heavy atom. The van der Waals surface area contributed by atoms with Crippen LogP contribution in [0.2, 0.25) is 0 Å². The van der Waals surface area contributed by atoms with Crippen molar-refractivity contribution in [3.63, 3.8) is 0 Å². The van der Waals surface area contributed by atoms with E-state index in [0.29, 0.717) is 0 Å². The second-order valence-electron chi connectivity index (χ2n) is 2.79. The first kappa shape index (κ1) is 10.8. The average molecular weight is 163 g/mol. The van der Waals surface area contributed by atoms with Crippen LogP contribution in [0.15, 0.2) is 47.7 Å². The Hall–Kier alpha value is -1.24. The smallest absolute Gasteiger partial charge is 0.0349 e. The lowest BCUT2D eigenvalue weighted by Crippen LogP contribution is -2.03. The van der Waals surface area contributed by atoms with Crippen molar-refractivity contribution in [1.29, 1.82) is 0 Å². The maximum Gasteiger partial charge on any atom is 0.0349 e. The standard InChI is InChI=1S/C11H17N/c1-6-9(5)11(8(3)4)10(12)7-2/h6-7H,1,3,12H2,2,4-5H3/b10-7+,11-9-. The molecule has 0 amide bonds. The van der Waals surface area contributed by atoms with E-state index in [0.717, 1.165) is 22.4 Å². The number of hydrogen-bond donors (Lipinski definition) is 1. The Kier molecular flexibility index (Phi) is 4.12. The highest BCUT2D eigenvalue weighted by atomic mass is 14.6. The van der Waals surface area contributed by atoms with E-state index in [1.807, 2.05) is 26.8 Å². The largest absolute Gasteiger partial charge is 0.398 e. The van der Waals surface area contributed by atoms with Crippen molar-refractivity contribution in [2.45, 2.75) is 20.8 Å². The summed E-state index contributed by atoms with van der Waals surface area (Å²) in [6, 6.07) is 0. The lowest BCUT2D eigenvalue weighted by molar-refractivity contribution is 1.23. The average Bonchev–Trinajstić information content (AvgIpc) is 2.03. The molecule has 0 fully saturated rings. The maximum absolute atomic E-state index is 5.79. The van der Waals surface area contributed by atoms with Gasteiger partial charge in [0.25, 0.3) is 0 Å². The predicted molar refractivity (Wildman–Crippen MR) is 55.7 cm³/mol. The Morgan fingerprint density at radius 3 is 2.08 bits per heavy atom. The Labute approximate surface area is 75.0 Å². The molecular weight excluding hydrogens is 146 g/mol. The second kappa shape index (κ2) is 4.60. The summed E-state index contributed by atoms with van der Waals surface area (Å²) in [6.07, 6.45) is 3.66. The van der Waals surface area contributed by atoms with Crippen LogP contribution in [0.4, 0.5) is 0 Å². The van der Waals surface area contributed by atoms with Gasteiger partial charge in [-0.15, -0.1) is 0 Å². The highest BCUT2D eigenvalue weighted by Gasteiger charge is 2.03. The highest BCUT2D eigenvalue weighted by molar-refractivity contribution is 5.48. The second-order valence-corrected chi connectivity index (χ2v) is 2.79. The molecular formula is C11H17N. The monoisotopic (exact) mass is 163 g/mol. The predicted octanol–water partition coefficient (Wildman–Crippen LogP) is 2.93. The van der Waals surface area contributed by atoms with Crippen LogP contribution in [0.5, 0.6) is 0 Å². The first-order chi connectivity index (χ1) is 5.54. The van der Waals surface area contributed by atoms with E-state index in [4.69, 9.17) is 5.73 Å². The van der Waals surface area contributed by atoms with Crippen LogP contribution >= 0.6 is 0 Å². The molecule has 0 saturated carbocycles. The molecule has 0 unspecified atom stereocenters. The maximum atomic E-state index is 5.79. The van der Waals surface area contributed by atoms with Gasteiger partial charge in [-0.05, 0) is 31.9 Å². The molecule has 0 saturated heterocycles. The summed E-state index contributed by atoms with van der Waals surface area (Å²) in [6.45, 7) is 13.4. The molecule has 2 N–H and O–H groups in total. The molecule has 0 radical (unpaired) electrons. The van der Waals surface area contributed by atoms with E-state index >= 15 is 0 Å². The molecule has 0 heterocycles. The van der Waals surface area contributed by atoms with Crippen molar-refractivity contribution in [3.8, 4) is 0 Å². The van der Waals surface area contributed by atoms with Gasteiger partial charge in [0.2, 0.25) is 0 Å². The zero-order valence-corrected chi connectivity index (χ0v) is 8.15. The molecule has 0 aliphatic heterocycles. The lowest BCUT2D eigenvalue weighted by Gasteiger charge is -2.09. The molecule has 0 aliphatic carbocycles. The van der Waals surface area contributed by atoms with Crippen molar-refractivity contribution in [2.75, 3.05) is 0 Å². The molecule has 0 bridgehead atoms. The highest BCUT2D eigenvalue weighted by Crippen LogP contribution is 2.18. The van der Waals surface area contributed by atoms with Crippen molar-refractivity contribution in [2.24, 2.45) is 5.73 Å². The van der Waals surface area contributed by atoms with Gasteiger partial charge < -0.3 is 5.73 Å². The van der Waals surface area contributed by atoms with E-state index in [2.05, 4.69) is 13.2 Å². The molecule has 0 aromatic carbocycles. The van der Waals surface area contributed by atoms with Crippen LogP contribution in [-0.2, 0) is 0 Å². The van der Waals surface area contributed by atoms with E-state index in [1.165, 1.54) is 0 Å². The van der Waals surface area contributed by atoms with E-state index in [1.54, 1.807) is 6.08 Å². The van der Waals surface area contributed by atoms with E-state index in [9.17, 15) is 0 Å². The van der Waals surface area contributed by atoms with Crippen molar-refractivity contribution in [1.82, 2.24) is 0 Å². The van der Waals surface area contributed by atoms with Gasteiger partial charge in [-0.1, -0.05) is 25.3 Å². The van der Waals surface area contributed by atoms with Crippen molar-refractivity contribution >= 4 is 0 Å². The van der Waals surface area contributed by atoms with Gasteiger partial charge in [-0.3, -0.25) is 0 Å². The summed E-state index contributed by atoms with van der Waals surface area (Å²) in [5, 5.41) is 0. The normalized spacial score (nSPS) is 13.8. The third kappa shape index (κ3) is 2.42. The Balaban J connectivity index is 5.19. The topological polar surface area (TPSA) is 26.0 Å². The minimum Gasteiger partial charge on any atom is -0.398 e. The third-order valence-corrected chi connectivity index (χ3v) is 1.73. The fourth-order valence-electron chi connectivity index (χ4n) is 1.06. The first-order valence-corrected chi connectivity index (χ1v) is 3.96. The van der Waals surface area contributed by atoms with Gasteiger partial charge >= 0.3 is 0 Å². The van der Waals surface area contributed by atoms with Gasteiger partial charge in [0.15, 0.2) is 0 Å². The zero-order valence-electron chi connectivity index (χ0n) is 8.15. The summed E-state index contributed by atoms with van der Waals surface area (Å²) in [7, 11) is 0. The molecule has 0 atom stereocenters. The van der Waals surface area contributed by atoms with Crippen LogP contribution in [0.3, 0.4) is 0 Å². The summed E-state index contributed by atoms with van der Waals surface area (Å²) in [5.41, 5.74) is 9.60. The molecule has 0 rings (SSSR count).